The predicted octanol–water partition coefficient (Wildman–Crippen LogP) is 2.32. The smallest absolute Gasteiger partial charge is 0.180 e. The van der Waals surface area contributed by atoms with Gasteiger partial charge in [-0.3, -0.25) is 9.88 Å². The van der Waals surface area contributed by atoms with E-state index in [4.69, 9.17) is 0 Å². The van der Waals surface area contributed by atoms with Crippen LogP contribution in [0.15, 0.2) is 54.9 Å². The summed E-state index contributed by atoms with van der Waals surface area (Å²) < 4.78 is 0. The van der Waals surface area contributed by atoms with E-state index < -0.39 is 0 Å². The quantitative estimate of drug-likeness (QED) is 0.736. The van der Waals surface area contributed by atoms with Crippen LogP contribution < -0.4 is 5.32 Å². The van der Waals surface area contributed by atoms with Crippen molar-refractivity contribution in [2.24, 2.45) is 5.92 Å². The Bertz CT molecular complexity index is 857. The summed E-state index contributed by atoms with van der Waals surface area (Å²) in [6, 6.07) is 14.5. The molecule has 2 aromatic heterocycles. The van der Waals surface area contributed by atoms with Gasteiger partial charge in [0.25, 0.3) is 0 Å². The summed E-state index contributed by atoms with van der Waals surface area (Å²) in [6.45, 7) is 2.98. The van der Waals surface area contributed by atoms with Crippen molar-refractivity contribution in [3.05, 3.63) is 60.4 Å². The van der Waals surface area contributed by atoms with Crippen molar-refractivity contribution >= 4 is 17.0 Å². The molecule has 4 rings (SSSR count). The number of nitrogens with one attached hydrogen (secondary N) is 1. The maximum absolute atomic E-state index is 9.79. The van der Waals surface area contributed by atoms with Crippen LogP contribution in [0.5, 0.6) is 0 Å². The van der Waals surface area contributed by atoms with E-state index in [1.807, 2.05) is 18.2 Å². The zero-order valence-electron chi connectivity index (χ0n) is 14.6. The van der Waals surface area contributed by atoms with Crippen molar-refractivity contribution in [1.29, 1.82) is 0 Å². The Hall–Kier alpha value is -2.57. The van der Waals surface area contributed by atoms with Gasteiger partial charge in [-0.15, -0.1) is 0 Å². The van der Waals surface area contributed by atoms with Gasteiger partial charge in [0, 0.05) is 44.0 Å². The van der Waals surface area contributed by atoms with Crippen LogP contribution >= 0.6 is 0 Å². The highest BCUT2D eigenvalue weighted by molar-refractivity contribution is 5.71. The van der Waals surface area contributed by atoms with Gasteiger partial charge in [-0.05, 0) is 30.7 Å². The minimum Gasteiger partial charge on any atom is -0.396 e. The first-order chi connectivity index (χ1) is 12.8. The van der Waals surface area contributed by atoms with E-state index in [2.05, 4.69) is 49.4 Å². The average molecular weight is 349 g/mol. The lowest BCUT2D eigenvalue weighted by Crippen LogP contribution is -2.48. The lowest BCUT2D eigenvalue weighted by molar-refractivity contribution is 0.115. The number of aliphatic hydroxyl groups excluding tert-OH is 1. The largest absolute Gasteiger partial charge is 0.396 e. The molecule has 0 saturated carbocycles. The van der Waals surface area contributed by atoms with Crippen LogP contribution in [0.25, 0.3) is 11.2 Å². The van der Waals surface area contributed by atoms with Crippen LogP contribution in [0.3, 0.4) is 0 Å². The van der Waals surface area contributed by atoms with E-state index in [9.17, 15) is 5.11 Å². The van der Waals surface area contributed by atoms with E-state index in [1.54, 1.807) is 12.4 Å². The molecule has 1 saturated heterocycles. The molecule has 0 bridgehead atoms. The van der Waals surface area contributed by atoms with Gasteiger partial charge in [-0.1, -0.05) is 30.3 Å². The summed E-state index contributed by atoms with van der Waals surface area (Å²) in [5.74, 6) is 1.00. The fourth-order valence-electron chi connectivity index (χ4n) is 3.56. The highest BCUT2D eigenvalue weighted by Gasteiger charge is 2.29. The monoisotopic (exact) mass is 349 g/mol. The van der Waals surface area contributed by atoms with Crippen molar-refractivity contribution in [2.75, 3.05) is 25.0 Å². The van der Waals surface area contributed by atoms with Crippen LogP contribution in [-0.2, 0) is 6.54 Å². The normalized spacial score (nSPS) is 21.0. The molecule has 1 aliphatic rings. The third-order valence-corrected chi connectivity index (χ3v) is 4.99. The number of piperidine rings is 1. The van der Waals surface area contributed by atoms with Gasteiger partial charge in [0.15, 0.2) is 5.65 Å². The molecule has 1 aliphatic heterocycles. The van der Waals surface area contributed by atoms with Gasteiger partial charge in [0.2, 0.25) is 0 Å². The molecule has 0 amide bonds. The van der Waals surface area contributed by atoms with E-state index >= 15 is 0 Å². The number of hydrogen-bond donors (Lipinski definition) is 2. The first kappa shape index (κ1) is 16.9. The van der Waals surface area contributed by atoms with Crippen molar-refractivity contribution in [2.45, 2.75) is 19.0 Å². The first-order valence-electron chi connectivity index (χ1n) is 9.03. The van der Waals surface area contributed by atoms with Crippen LogP contribution in [0.1, 0.15) is 12.0 Å². The van der Waals surface area contributed by atoms with E-state index in [1.165, 1.54) is 5.56 Å². The summed E-state index contributed by atoms with van der Waals surface area (Å²) in [6.07, 6.45) is 4.29. The Morgan fingerprint density at radius 2 is 1.92 bits per heavy atom. The van der Waals surface area contributed by atoms with Crippen molar-refractivity contribution < 1.29 is 5.11 Å². The Morgan fingerprint density at radius 3 is 2.77 bits per heavy atom. The van der Waals surface area contributed by atoms with Crippen molar-refractivity contribution in [1.82, 2.24) is 19.9 Å². The van der Waals surface area contributed by atoms with Crippen molar-refractivity contribution in [3.63, 3.8) is 0 Å². The zero-order chi connectivity index (χ0) is 17.8. The molecule has 1 aromatic carbocycles. The predicted molar refractivity (Wildman–Crippen MR) is 102 cm³/mol. The lowest BCUT2D eigenvalue weighted by Gasteiger charge is -2.38. The van der Waals surface area contributed by atoms with Crippen LogP contribution in [0, 0.1) is 5.92 Å². The van der Waals surface area contributed by atoms with Gasteiger partial charge in [-0.25, -0.2) is 9.97 Å². The van der Waals surface area contributed by atoms with Gasteiger partial charge >= 0.3 is 0 Å². The van der Waals surface area contributed by atoms with Crippen LogP contribution in [0.2, 0.25) is 0 Å². The molecule has 3 heterocycles. The summed E-state index contributed by atoms with van der Waals surface area (Å²) in [7, 11) is 0. The molecule has 0 spiro atoms. The third-order valence-electron chi connectivity index (χ3n) is 4.99. The Morgan fingerprint density at radius 1 is 1.08 bits per heavy atom. The molecule has 0 radical (unpaired) electrons. The fourth-order valence-corrected chi connectivity index (χ4v) is 3.56. The lowest BCUT2D eigenvalue weighted by atomic mass is 9.92. The van der Waals surface area contributed by atoms with Gasteiger partial charge in [-0.2, -0.15) is 0 Å². The average Bonchev–Trinajstić information content (AvgIpc) is 2.69. The second-order valence-electron chi connectivity index (χ2n) is 6.80. The highest BCUT2D eigenvalue weighted by atomic mass is 16.3. The SMILES string of the molecule is OC[C@H]1CCN(Cc2ccccc2)C[C@@H]1Nc1ccc2nccnc2n1. The number of benzene rings is 1. The Kier molecular flexibility index (Phi) is 5.04. The molecule has 2 N–H and O–H groups in total. The molecular weight excluding hydrogens is 326 g/mol. The second kappa shape index (κ2) is 7.76. The van der Waals surface area contributed by atoms with Crippen LogP contribution in [0.4, 0.5) is 5.82 Å². The minimum absolute atomic E-state index is 0.152. The maximum atomic E-state index is 9.79. The minimum atomic E-state index is 0.152. The molecule has 26 heavy (non-hydrogen) atoms. The molecule has 2 atom stereocenters. The second-order valence-corrected chi connectivity index (χ2v) is 6.80. The third kappa shape index (κ3) is 3.81. The Balaban J connectivity index is 1.48. The van der Waals surface area contributed by atoms with E-state index in [-0.39, 0.29) is 18.6 Å². The summed E-state index contributed by atoms with van der Waals surface area (Å²) in [5.41, 5.74) is 2.73. The molecule has 0 aliphatic carbocycles. The van der Waals surface area contributed by atoms with Gasteiger partial charge in [0.1, 0.15) is 11.3 Å². The highest BCUT2D eigenvalue weighted by Crippen LogP contribution is 2.23. The standard InChI is InChI=1S/C20H23N5O/c26-14-16-8-11-25(12-15-4-2-1-3-5-15)13-18(16)23-19-7-6-17-20(24-19)22-10-9-21-17/h1-7,9-10,16,18,26H,8,11-14H2,(H,22,23,24)/t16-,18+/m1/s1. The molecule has 134 valence electrons. The molecule has 0 unspecified atom stereocenters. The summed E-state index contributed by atoms with van der Waals surface area (Å²) in [5, 5.41) is 13.3. The number of likely N-dealkylation sites (tertiary alicyclic amines) is 1. The zero-order valence-corrected chi connectivity index (χ0v) is 14.6. The number of pyridine rings is 1. The Labute approximate surface area is 152 Å². The van der Waals surface area contributed by atoms with Gasteiger partial charge < -0.3 is 10.4 Å². The first-order valence-corrected chi connectivity index (χ1v) is 9.03. The maximum Gasteiger partial charge on any atom is 0.180 e. The summed E-state index contributed by atoms with van der Waals surface area (Å²) >= 11 is 0. The van der Waals surface area contributed by atoms with Crippen LogP contribution in [-0.4, -0.2) is 50.7 Å². The number of aliphatic hydroxyl groups is 1. The van der Waals surface area contributed by atoms with Crippen molar-refractivity contribution in [3.8, 4) is 0 Å². The topological polar surface area (TPSA) is 74.2 Å². The number of hydrogen-bond acceptors (Lipinski definition) is 6. The summed E-state index contributed by atoms with van der Waals surface area (Å²) in [4.78, 5) is 15.5. The number of anilines is 1. The fraction of sp³-hybridized carbons (Fsp3) is 0.350. The van der Waals surface area contributed by atoms with E-state index in [0.29, 0.717) is 5.65 Å². The van der Waals surface area contributed by atoms with E-state index in [0.717, 1.165) is 37.4 Å². The molecular formula is C20H23N5O. The number of aromatic nitrogens is 3. The molecule has 6 nitrogen and oxygen atoms in total. The molecule has 3 aromatic rings. The molecule has 6 heteroatoms. The number of nitrogens with zero attached hydrogens (tertiary/aromatic N) is 4. The molecule has 1 fully saturated rings. The number of rotatable bonds is 5. The van der Waals surface area contributed by atoms with Gasteiger partial charge in [0.05, 0.1) is 0 Å². The number of fused-ring (bicyclic) bond motifs is 1.